The minimum atomic E-state index is -0.116. The molecule has 5 heteroatoms. The molecule has 0 saturated carbocycles. The predicted molar refractivity (Wildman–Crippen MR) is 124 cm³/mol. The average Bonchev–Trinajstić information content (AvgIpc) is 2.79. The number of hydrogen-bond donors (Lipinski definition) is 2. The van der Waals surface area contributed by atoms with Crippen LogP contribution in [0.1, 0.15) is 27.0 Å². The van der Waals surface area contributed by atoms with Crippen molar-refractivity contribution in [2.24, 2.45) is 0 Å². The van der Waals surface area contributed by atoms with Gasteiger partial charge in [0, 0.05) is 29.6 Å². The third-order valence-electron chi connectivity index (χ3n) is 5.06. The fraction of sp³-hybridized carbons (Fsp3) is 0.115. The lowest BCUT2D eigenvalue weighted by molar-refractivity contribution is 0.0951. The monoisotopic (exact) mass is 408 g/mol. The van der Waals surface area contributed by atoms with E-state index in [1.165, 1.54) is 5.56 Å². The molecule has 31 heavy (non-hydrogen) atoms. The van der Waals surface area contributed by atoms with Crippen molar-refractivity contribution in [1.82, 2.24) is 15.3 Å². The topological polar surface area (TPSA) is 66.9 Å². The van der Waals surface area contributed by atoms with Crippen LogP contribution in [0.4, 0.5) is 11.5 Å². The Balaban J connectivity index is 1.46. The second-order valence-corrected chi connectivity index (χ2v) is 7.45. The van der Waals surface area contributed by atoms with Gasteiger partial charge in [-0.2, -0.15) is 0 Å². The third kappa shape index (κ3) is 5.14. The number of aryl methyl sites for hydroxylation is 2. The molecule has 2 N–H and O–H groups in total. The van der Waals surface area contributed by atoms with Crippen molar-refractivity contribution in [1.29, 1.82) is 0 Å². The summed E-state index contributed by atoms with van der Waals surface area (Å²) >= 11 is 0. The van der Waals surface area contributed by atoms with Crippen LogP contribution in [0.25, 0.3) is 11.4 Å². The number of benzene rings is 3. The Morgan fingerprint density at radius 3 is 2.52 bits per heavy atom. The van der Waals surface area contributed by atoms with Crippen LogP contribution in [0.2, 0.25) is 0 Å². The summed E-state index contributed by atoms with van der Waals surface area (Å²) in [5.74, 6) is 1.20. The molecule has 0 unspecified atom stereocenters. The maximum absolute atomic E-state index is 12.6. The summed E-state index contributed by atoms with van der Waals surface area (Å²) < 4.78 is 0. The fourth-order valence-corrected chi connectivity index (χ4v) is 3.24. The molecular formula is C26H24N4O. The van der Waals surface area contributed by atoms with Gasteiger partial charge >= 0.3 is 0 Å². The van der Waals surface area contributed by atoms with Gasteiger partial charge in [0.05, 0.1) is 0 Å². The van der Waals surface area contributed by atoms with Crippen LogP contribution in [0.5, 0.6) is 0 Å². The summed E-state index contributed by atoms with van der Waals surface area (Å²) in [5, 5.41) is 6.26. The molecule has 0 saturated heterocycles. The maximum atomic E-state index is 12.6. The highest BCUT2D eigenvalue weighted by Gasteiger charge is 2.08. The van der Waals surface area contributed by atoms with Crippen LogP contribution in [0, 0.1) is 13.8 Å². The van der Waals surface area contributed by atoms with Gasteiger partial charge in [-0.3, -0.25) is 4.79 Å². The average molecular weight is 409 g/mol. The Bertz CT molecular complexity index is 1200. The highest BCUT2D eigenvalue weighted by Crippen LogP contribution is 2.20. The first-order chi connectivity index (χ1) is 15.1. The van der Waals surface area contributed by atoms with Crippen molar-refractivity contribution >= 4 is 17.4 Å². The highest BCUT2D eigenvalue weighted by molar-refractivity contribution is 5.95. The highest BCUT2D eigenvalue weighted by atomic mass is 16.1. The first kappa shape index (κ1) is 20.3. The first-order valence-electron chi connectivity index (χ1n) is 10.2. The second kappa shape index (κ2) is 9.22. The van der Waals surface area contributed by atoms with E-state index in [0.29, 0.717) is 23.8 Å². The second-order valence-electron chi connectivity index (χ2n) is 7.45. The summed E-state index contributed by atoms with van der Waals surface area (Å²) in [4.78, 5) is 21.6. The standard InChI is InChI=1S/C26H24N4O/c1-18-10-12-20(13-11-18)25-27-15-14-24(30-25)29-23-9-5-8-21(16-23)26(31)28-17-22-7-4-3-6-19(22)2/h3-16H,17H2,1-2H3,(H,28,31)(H,27,29,30). The number of nitrogens with one attached hydrogen (secondary N) is 2. The molecule has 1 aromatic heterocycles. The van der Waals surface area contributed by atoms with E-state index in [0.717, 1.165) is 22.4 Å². The number of nitrogens with zero attached hydrogens (tertiary/aromatic N) is 2. The maximum Gasteiger partial charge on any atom is 0.251 e. The van der Waals surface area contributed by atoms with E-state index in [2.05, 4.69) is 20.6 Å². The van der Waals surface area contributed by atoms with Crippen LogP contribution in [-0.4, -0.2) is 15.9 Å². The number of carbonyl (C=O) groups excluding carboxylic acids is 1. The van der Waals surface area contributed by atoms with Gasteiger partial charge in [-0.05, 0) is 49.2 Å². The van der Waals surface area contributed by atoms with E-state index in [1.807, 2.05) is 86.6 Å². The molecule has 0 atom stereocenters. The first-order valence-corrected chi connectivity index (χ1v) is 10.2. The molecule has 1 amide bonds. The molecule has 0 fully saturated rings. The lowest BCUT2D eigenvalue weighted by atomic mass is 10.1. The SMILES string of the molecule is Cc1ccc(-c2nccc(Nc3cccc(C(=O)NCc4ccccc4C)c3)n2)cc1. The molecule has 3 aromatic carbocycles. The van der Waals surface area contributed by atoms with Crippen LogP contribution in [-0.2, 0) is 6.54 Å². The van der Waals surface area contributed by atoms with Crippen LogP contribution in [0.15, 0.2) is 85.1 Å². The molecule has 4 rings (SSSR count). The van der Waals surface area contributed by atoms with Crippen molar-refractivity contribution in [3.63, 3.8) is 0 Å². The van der Waals surface area contributed by atoms with E-state index < -0.39 is 0 Å². The third-order valence-corrected chi connectivity index (χ3v) is 5.06. The summed E-state index contributed by atoms with van der Waals surface area (Å²) in [6.45, 7) is 4.58. The van der Waals surface area contributed by atoms with E-state index >= 15 is 0 Å². The van der Waals surface area contributed by atoms with E-state index in [1.54, 1.807) is 12.3 Å². The molecule has 154 valence electrons. The number of amides is 1. The van der Waals surface area contributed by atoms with Crippen molar-refractivity contribution < 1.29 is 4.79 Å². The molecule has 0 aliphatic heterocycles. The summed E-state index contributed by atoms with van der Waals surface area (Å²) in [7, 11) is 0. The Morgan fingerprint density at radius 2 is 1.71 bits per heavy atom. The van der Waals surface area contributed by atoms with E-state index in [4.69, 9.17) is 0 Å². The molecule has 0 aliphatic carbocycles. The van der Waals surface area contributed by atoms with Crippen molar-refractivity contribution in [3.8, 4) is 11.4 Å². The quantitative estimate of drug-likeness (QED) is 0.446. The smallest absolute Gasteiger partial charge is 0.251 e. The molecule has 1 heterocycles. The predicted octanol–water partition coefficient (Wildman–Crippen LogP) is 5.43. The van der Waals surface area contributed by atoms with Crippen molar-refractivity contribution in [3.05, 3.63) is 107 Å². The van der Waals surface area contributed by atoms with Crippen LogP contribution >= 0.6 is 0 Å². The lowest BCUT2D eigenvalue weighted by Crippen LogP contribution is -2.23. The summed E-state index contributed by atoms with van der Waals surface area (Å²) in [6.07, 6.45) is 1.73. The van der Waals surface area contributed by atoms with Crippen molar-refractivity contribution in [2.75, 3.05) is 5.32 Å². The van der Waals surface area contributed by atoms with E-state index in [-0.39, 0.29) is 5.91 Å². The van der Waals surface area contributed by atoms with Gasteiger partial charge in [-0.15, -0.1) is 0 Å². The summed E-state index contributed by atoms with van der Waals surface area (Å²) in [6, 6.07) is 25.3. The van der Waals surface area contributed by atoms with Gasteiger partial charge in [0.25, 0.3) is 5.91 Å². The minimum absolute atomic E-state index is 0.116. The molecule has 0 bridgehead atoms. The Hall–Kier alpha value is -3.99. The summed E-state index contributed by atoms with van der Waals surface area (Å²) in [5.41, 5.74) is 5.79. The number of carbonyl (C=O) groups is 1. The van der Waals surface area contributed by atoms with E-state index in [9.17, 15) is 4.79 Å². The Labute approximate surface area is 182 Å². The molecular weight excluding hydrogens is 384 g/mol. The minimum Gasteiger partial charge on any atom is -0.348 e. The molecule has 4 aromatic rings. The Kier molecular flexibility index (Phi) is 6.03. The van der Waals surface area contributed by atoms with Gasteiger partial charge in [0.15, 0.2) is 5.82 Å². The van der Waals surface area contributed by atoms with Crippen molar-refractivity contribution in [2.45, 2.75) is 20.4 Å². The lowest BCUT2D eigenvalue weighted by Gasteiger charge is -2.10. The van der Waals surface area contributed by atoms with Gasteiger partial charge in [-0.25, -0.2) is 9.97 Å². The van der Waals surface area contributed by atoms with Gasteiger partial charge in [0.2, 0.25) is 0 Å². The molecule has 0 radical (unpaired) electrons. The van der Waals surface area contributed by atoms with Gasteiger partial charge in [-0.1, -0.05) is 60.2 Å². The number of anilines is 2. The number of aromatic nitrogens is 2. The van der Waals surface area contributed by atoms with Crippen LogP contribution in [0.3, 0.4) is 0 Å². The number of hydrogen-bond acceptors (Lipinski definition) is 4. The molecule has 0 spiro atoms. The van der Waals surface area contributed by atoms with Gasteiger partial charge in [0.1, 0.15) is 5.82 Å². The van der Waals surface area contributed by atoms with Crippen LogP contribution < -0.4 is 10.6 Å². The zero-order valence-corrected chi connectivity index (χ0v) is 17.6. The zero-order valence-electron chi connectivity index (χ0n) is 17.6. The largest absolute Gasteiger partial charge is 0.348 e. The normalized spacial score (nSPS) is 10.5. The zero-order chi connectivity index (χ0) is 21.6. The Morgan fingerprint density at radius 1 is 0.903 bits per heavy atom. The fourth-order valence-electron chi connectivity index (χ4n) is 3.24. The molecule has 0 aliphatic rings. The van der Waals surface area contributed by atoms with Gasteiger partial charge < -0.3 is 10.6 Å². The molecule has 5 nitrogen and oxygen atoms in total. The number of rotatable bonds is 6.